The van der Waals surface area contributed by atoms with Gasteiger partial charge in [-0.1, -0.05) is 17.7 Å². The fraction of sp³-hybridized carbons (Fsp3) is 0.100. The lowest BCUT2D eigenvalue weighted by atomic mass is 10.2. The van der Waals surface area contributed by atoms with Gasteiger partial charge in [0.15, 0.2) is 0 Å². The highest BCUT2D eigenvalue weighted by molar-refractivity contribution is 6.31. The molecule has 0 radical (unpaired) electrons. The third kappa shape index (κ3) is 1.52. The van der Waals surface area contributed by atoms with Gasteiger partial charge in [0.1, 0.15) is 0 Å². The Morgan fingerprint density at radius 1 is 1.36 bits per heavy atom. The van der Waals surface area contributed by atoms with Gasteiger partial charge >= 0.3 is 0 Å². The Hall–Kier alpha value is -1.32. The highest BCUT2D eigenvalue weighted by Crippen LogP contribution is 2.16. The van der Waals surface area contributed by atoms with E-state index in [1.54, 1.807) is 24.3 Å². The summed E-state index contributed by atoms with van der Waals surface area (Å²) < 4.78 is 0. The van der Waals surface area contributed by atoms with Crippen LogP contribution in [0.25, 0.3) is 10.9 Å². The number of hydrogen-bond donors (Lipinski definition) is 2. The van der Waals surface area contributed by atoms with Crippen LogP contribution in [0, 0.1) is 0 Å². The van der Waals surface area contributed by atoms with E-state index in [2.05, 4.69) is 4.98 Å². The lowest BCUT2D eigenvalue weighted by Gasteiger charge is -2.00. The molecule has 0 bridgehead atoms. The van der Waals surface area contributed by atoms with Crippen LogP contribution in [-0.4, -0.2) is 10.1 Å². The van der Waals surface area contributed by atoms with Crippen molar-refractivity contribution in [1.29, 1.82) is 0 Å². The average Bonchev–Trinajstić information content (AvgIpc) is 2.16. The molecule has 1 aromatic heterocycles. The standard InChI is InChI=1S/C10H8ClNO2/c11-8-2-1-6-3-7(5-13)10(14)12-9(6)4-8/h1-4,13H,5H2,(H,12,14). The number of pyridine rings is 1. The van der Waals surface area contributed by atoms with Gasteiger partial charge in [0.05, 0.1) is 6.61 Å². The molecule has 0 atom stereocenters. The summed E-state index contributed by atoms with van der Waals surface area (Å²) in [6, 6.07) is 6.88. The number of fused-ring (bicyclic) bond motifs is 1. The molecule has 0 fully saturated rings. The molecule has 1 aromatic carbocycles. The van der Waals surface area contributed by atoms with Crippen molar-refractivity contribution in [2.75, 3.05) is 0 Å². The molecule has 0 aliphatic carbocycles. The maximum Gasteiger partial charge on any atom is 0.253 e. The quantitative estimate of drug-likeness (QED) is 0.751. The summed E-state index contributed by atoms with van der Waals surface area (Å²) in [5.41, 5.74) is 0.766. The van der Waals surface area contributed by atoms with Crippen molar-refractivity contribution in [3.05, 3.63) is 45.2 Å². The number of aromatic amines is 1. The Bertz CT molecular complexity index is 533. The van der Waals surface area contributed by atoms with Gasteiger partial charge in [-0.25, -0.2) is 0 Å². The van der Waals surface area contributed by atoms with Gasteiger partial charge in [-0.3, -0.25) is 4.79 Å². The predicted octanol–water partition coefficient (Wildman–Crippen LogP) is 1.67. The lowest BCUT2D eigenvalue weighted by molar-refractivity contribution is 0.280. The molecule has 3 nitrogen and oxygen atoms in total. The predicted molar refractivity (Wildman–Crippen MR) is 55.5 cm³/mol. The Kier molecular flexibility index (Phi) is 2.27. The maximum atomic E-state index is 11.3. The summed E-state index contributed by atoms with van der Waals surface area (Å²) in [5.74, 6) is 0. The van der Waals surface area contributed by atoms with E-state index in [1.165, 1.54) is 0 Å². The van der Waals surface area contributed by atoms with Crippen molar-refractivity contribution in [3.8, 4) is 0 Å². The van der Waals surface area contributed by atoms with Crippen LogP contribution in [-0.2, 0) is 6.61 Å². The van der Waals surface area contributed by atoms with Crippen molar-refractivity contribution >= 4 is 22.5 Å². The molecule has 0 aliphatic rings. The summed E-state index contributed by atoms with van der Waals surface area (Å²) in [6.45, 7) is -0.256. The largest absolute Gasteiger partial charge is 0.391 e. The van der Waals surface area contributed by atoms with Crippen LogP contribution in [0.5, 0.6) is 0 Å². The SMILES string of the molecule is O=c1[nH]c2cc(Cl)ccc2cc1CO. The van der Waals surface area contributed by atoms with Crippen LogP contribution in [0.15, 0.2) is 29.1 Å². The minimum atomic E-state index is -0.276. The van der Waals surface area contributed by atoms with Gasteiger partial charge in [0.2, 0.25) is 0 Å². The minimum Gasteiger partial charge on any atom is -0.391 e. The van der Waals surface area contributed by atoms with Crippen LogP contribution >= 0.6 is 11.6 Å². The van der Waals surface area contributed by atoms with Gasteiger partial charge in [-0.05, 0) is 23.6 Å². The van der Waals surface area contributed by atoms with E-state index in [-0.39, 0.29) is 12.2 Å². The van der Waals surface area contributed by atoms with Gasteiger partial charge in [-0.2, -0.15) is 0 Å². The van der Waals surface area contributed by atoms with E-state index in [9.17, 15) is 4.79 Å². The second-order valence-corrected chi connectivity index (χ2v) is 3.45. The Labute approximate surface area is 85.0 Å². The van der Waals surface area contributed by atoms with Crippen molar-refractivity contribution < 1.29 is 5.11 Å². The molecule has 0 aliphatic heterocycles. The van der Waals surface area contributed by atoms with Crippen molar-refractivity contribution in [2.45, 2.75) is 6.61 Å². The fourth-order valence-electron chi connectivity index (χ4n) is 1.34. The number of aromatic nitrogens is 1. The molecule has 0 saturated heterocycles. The maximum absolute atomic E-state index is 11.3. The first-order valence-electron chi connectivity index (χ1n) is 4.13. The zero-order chi connectivity index (χ0) is 10.1. The Morgan fingerprint density at radius 2 is 2.14 bits per heavy atom. The second kappa shape index (κ2) is 3.44. The monoisotopic (exact) mass is 209 g/mol. The first kappa shape index (κ1) is 9.24. The van der Waals surface area contributed by atoms with Gasteiger partial charge in [0.25, 0.3) is 5.56 Å². The molecule has 2 aromatic rings. The van der Waals surface area contributed by atoms with Crippen LogP contribution in [0.1, 0.15) is 5.56 Å². The topological polar surface area (TPSA) is 53.1 Å². The van der Waals surface area contributed by atoms with Crippen molar-refractivity contribution in [1.82, 2.24) is 4.98 Å². The number of nitrogens with one attached hydrogen (secondary N) is 1. The number of hydrogen-bond acceptors (Lipinski definition) is 2. The molecule has 0 spiro atoms. The summed E-state index contributed by atoms with van der Waals surface area (Å²) in [4.78, 5) is 14.0. The van der Waals surface area contributed by atoms with Crippen molar-refractivity contribution in [2.24, 2.45) is 0 Å². The number of aliphatic hydroxyl groups excluding tert-OH is 1. The Balaban J connectivity index is 2.79. The first-order valence-corrected chi connectivity index (χ1v) is 4.51. The highest BCUT2D eigenvalue weighted by Gasteiger charge is 2.01. The summed E-state index contributed by atoms with van der Waals surface area (Å²) in [6.07, 6.45) is 0. The van der Waals surface area contributed by atoms with E-state index in [0.717, 1.165) is 5.39 Å². The summed E-state index contributed by atoms with van der Waals surface area (Å²) in [7, 11) is 0. The van der Waals surface area contributed by atoms with E-state index in [0.29, 0.717) is 16.1 Å². The molecule has 0 amide bonds. The van der Waals surface area contributed by atoms with Crippen LogP contribution < -0.4 is 5.56 Å². The molecule has 1 heterocycles. The number of H-pyrrole nitrogens is 1. The smallest absolute Gasteiger partial charge is 0.253 e. The molecular formula is C10H8ClNO2. The number of aliphatic hydroxyl groups is 1. The van der Waals surface area contributed by atoms with E-state index < -0.39 is 0 Å². The summed E-state index contributed by atoms with van der Waals surface area (Å²) >= 11 is 5.77. The lowest BCUT2D eigenvalue weighted by Crippen LogP contribution is -2.11. The molecular weight excluding hydrogens is 202 g/mol. The van der Waals surface area contributed by atoms with E-state index in [1.807, 2.05) is 0 Å². The van der Waals surface area contributed by atoms with Crippen LogP contribution in [0.2, 0.25) is 5.02 Å². The molecule has 14 heavy (non-hydrogen) atoms. The molecule has 4 heteroatoms. The zero-order valence-corrected chi connectivity index (χ0v) is 8.01. The molecule has 2 rings (SSSR count). The van der Waals surface area contributed by atoms with Crippen LogP contribution in [0.3, 0.4) is 0 Å². The third-order valence-corrected chi connectivity index (χ3v) is 2.29. The normalized spacial score (nSPS) is 10.7. The highest BCUT2D eigenvalue weighted by atomic mass is 35.5. The molecule has 72 valence electrons. The second-order valence-electron chi connectivity index (χ2n) is 3.01. The van der Waals surface area contributed by atoms with Crippen LogP contribution in [0.4, 0.5) is 0 Å². The van der Waals surface area contributed by atoms with E-state index >= 15 is 0 Å². The fourth-order valence-corrected chi connectivity index (χ4v) is 1.51. The number of rotatable bonds is 1. The first-order chi connectivity index (χ1) is 6.70. The average molecular weight is 210 g/mol. The van der Waals surface area contributed by atoms with E-state index in [4.69, 9.17) is 16.7 Å². The minimum absolute atomic E-state index is 0.256. The Morgan fingerprint density at radius 3 is 2.86 bits per heavy atom. The molecule has 0 saturated carbocycles. The molecule has 2 N–H and O–H groups in total. The number of benzene rings is 1. The molecule has 0 unspecified atom stereocenters. The van der Waals surface area contributed by atoms with Gasteiger partial charge in [-0.15, -0.1) is 0 Å². The van der Waals surface area contributed by atoms with Crippen molar-refractivity contribution in [3.63, 3.8) is 0 Å². The number of halogens is 1. The van der Waals surface area contributed by atoms with Gasteiger partial charge < -0.3 is 10.1 Å². The zero-order valence-electron chi connectivity index (χ0n) is 7.25. The third-order valence-electron chi connectivity index (χ3n) is 2.06. The van der Waals surface area contributed by atoms with Gasteiger partial charge in [0, 0.05) is 16.1 Å². The summed E-state index contributed by atoms with van der Waals surface area (Å²) in [5, 5.41) is 10.3.